The van der Waals surface area contributed by atoms with Crippen molar-refractivity contribution < 1.29 is 24.2 Å². The molecule has 0 saturated carbocycles. The molecule has 3 atom stereocenters. The van der Waals surface area contributed by atoms with Gasteiger partial charge in [-0.3, -0.25) is 9.59 Å². The monoisotopic (exact) mass is 286 g/mol. The quantitative estimate of drug-likeness (QED) is 0.408. The van der Waals surface area contributed by atoms with Crippen LogP contribution < -0.4 is 5.32 Å². The van der Waals surface area contributed by atoms with Crippen molar-refractivity contribution in [3.63, 3.8) is 0 Å². The molecule has 0 bridgehead atoms. The van der Waals surface area contributed by atoms with Crippen molar-refractivity contribution in [2.45, 2.75) is 24.1 Å². The Labute approximate surface area is 114 Å². The Morgan fingerprint density at radius 1 is 1.63 bits per heavy atom. The molecule has 0 aromatic carbocycles. The first-order valence-corrected chi connectivity index (χ1v) is 6.58. The number of nitrogens with zero attached hydrogens (tertiary/aromatic N) is 1. The van der Waals surface area contributed by atoms with Crippen molar-refractivity contribution in [1.29, 1.82) is 0 Å². The predicted octanol–water partition coefficient (Wildman–Crippen LogP) is -0.610. The predicted molar refractivity (Wildman–Crippen MR) is 67.2 cm³/mol. The van der Waals surface area contributed by atoms with Crippen molar-refractivity contribution >= 4 is 29.5 Å². The SMILES string of the molecule is C=C1CS[C@@H]2N(C(=O)C2(NC(C)=O)OC)C1C(=O)O. The summed E-state index contributed by atoms with van der Waals surface area (Å²) >= 11 is 1.32. The minimum absolute atomic E-state index is 0.399. The lowest BCUT2D eigenvalue weighted by molar-refractivity contribution is -0.201. The van der Waals surface area contributed by atoms with Gasteiger partial charge in [0.2, 0.25) is 5.91 Å². The fraction of sp³-hybridized carbons (Fsp3) is 0.545. The number of thioether (sulfide) groups is 1. The van der Waals surface area contributed by atoms with Crippen LogP contribution in [0.2, 0.25) is 0 Å². The van der Waals surface area contributed by atoms with E-state index in [1.165, 1.54) is 30.7 Å². The van der Waals surface area contributed by atoms with Gasteiger partial charge in [-0.15, -0.1) is 11.8 Å². The topological polar surface area (TPSA) is 95.9 Å². The Bertz CT molecular complexity index is 480. The van der Waals surface area contributed by atoms with Crippen LogP contribution in [0.1, 0.15) is 6.92 Å². The maximum atomic E-state index is 12.2. The molecule has 2 amide bonds. The normalized spacial score (nSPS) is 33.5. The van der Waals surface area contributed by atoms with Crippen molar-refractivity contribution in [3.8, 4) is 0 Å². The largest absolute Gasteiger partial charge is 0.479 e. The first-order valence-electron chi connectivity index (χ1n) is 5.54. The number of β-lactam (4-membered cyclic amide) rings is 1. The lowest BCUT2D eigenvalue weighted by Gasteiger charge is -2.58. The number of aliphatic carboxylic acids is 1. The van der Waals surface area contributed by atoms with Crippen LogP contribution in [0.15, 0.2) is 12.2 Å². The minimum Gasteiger partial charge on any atom is -0.479 e. The number of carboxylic acid groups (broad SMARTS) is 1. The number of hydrogen-bond donors (Lipinski definition) is 2. The summed E-state index contributed by atoms with van der Waals surface area (Å²) in [5.41, 5.74) is -1.01. The summed E-state index contributed by atoms with van der Waals surface area (Å²) in [7, 11) is 1.31. The third kappa shape index (κ3) is 1.82. The van der Waals surface area contributed by atoms with Gasteiger partial charge in [0, 0.05) is 19.8 Å². The molecule has 0 aliphatic carbocycles. The number of fused-ring (bicyclic) bond motifs is 1. The third-order valence-electron chi connectivity index (χ3n) is 3.16. The number of carboxylic acids is 1. The van der Waals surface area contributed by atoms with Gasteiger partial charge in [-0.05, 0) is 5.57 Å². The average molecular weight is 286 g/mol. The molecule has 104 valence electrons. The highest BCUT2D eigenvalue weighted by atomic mass is 32.2. The molecule has 2 N–H and O–H groups in total. The summed E-state index contributed by atoms with van der Waals surface area (Å²) < 4.78 is 5.16. The highest BCUT2D eigenvalue weighted by molar-refractivity contribution is 8.00. The van der Waals surface area contributed by atoms with Crippen molar-refractivity contribution in [2.24, 2.45) is 0 Å². The second-order valence-electron chi connectivity index (χ2n) is 4.40. The molecule has 0 aromatic heterocycles. The van der Waals surface area contributed by atoms with Crippen molar-refractivity contribution in [1.82, 2.24) is 10.2 Å². The smallest absolute Gasteiger partial charge is 0.330 e. The van der Waals surface area contributed by atoms with E-state index in [0.29, 0.717) is 11.3 Å². The summed E-state index contributed by atoms with van der Waals surface area (Å²) in [6.45, 7) is 4.96. The van der Waals surface area contributed by atoms with E-state index in [1.807, 2.05) is 0 Å². The van der Waals surface area contributed by atoms with E-state index in [9.17, 15) is 19.5 Å². The summed E-state index contributed by atoms with van der Waals surface area (Å²) in [6.07, 6.45) is 0. The third-order valence-corrected chi connectivity index (χ3v) is 4.57. The molecule has 19 heavy (non-hydrogen) atoms. The summed E-state index contributed by atoms with van der Waals surface area (Å²) in [4.78, 5) is 35.8. The van der Waals surface area contributed by atoms with Crippen LogP contribution >= 0.6 is 11.8 Å². The highest BCUT2D eigenvalue weighted by Gasteiger charge is 2.67. The second kappa shape index (κ2) is 4.53. The van der Waals surface area contributed by atoms with Gasteiger partial charge in [0.25, 0.3) is 11.6 Å². The van der Waals surface area contributed by atoms with Crippen molar-refractivity contribution in [2.75, 3.05) is 12.9 Å². The van der Waals surface area contributed by atoms with E-state index in [1.54, 1.807) is 0 Å². The molecule has 2 aliphatic heterocycles. The van der Waals surface area contributed by atoms with E-state index >= 15 is 0 Å². The zero-order valence-electron chi connectivity index (χ0n) is 10.5. The van der Waals surface area contributed by atoms with Gasteiger partial charge in [-0.2, -0.15) is 0 Å². The lowest BCUT2D eigenvalue weighted by atomic mass is 9.95. The van der Waals surface area contributed by atoms with Gasteiger partial charge in [0.15, 0.2) is 6.04 Å². The Hall–Kier alpha value is -1.54. The number of carbonyl (C=O) groups excluding carboxylic acids is 2. The number of hydrogen-bond acceptors (Lipinski definition) is 5. The molecule has 0 radical (unpaired) electrons. The first-order chi connectivity index (χ1) is 8.85. The molecule has 2 rings (SSSR count). The molecule has 0 spiro atoms. The van der Waals surface area contributed by atoms with E-state index < -0.39 is 34.9 Å². The Morgan fingerprint density at radius 3 is 2.74 bits per heavy atom. The number of nitrogens with one attached hydrogen (secondary N) is 1. The van der Waals surface area contributed by atoms with Crippen LogP contribution in [0.3, 0.4) is 0 Å². The summed E-state index contributed by atoms with van der Waals surface area (Å²) in [5.74, 6) is -1.70. The van der Waals surface area contributed by atoms with Crippen LogP contribution in [0, 0.1) is 0 Å². The van der Waals surface area contributed by atoms with Crippen LogP contribution in [-0.2, 0) is 19.1 Å². The van der Waals surface area contributed by atoms with Crippen molar-refractivity contribution in [3.05, 3.63) is 12.2 Å². The van der Waals surface area contributed by atoms with Crippen LogP contribution in [0.5, 0.6) is 0 Å². The highest BCUT2D eigenvalue weighted by Crippen LogP contribution is 2.46. The summed E-state index contributed by atoms with van der Waals surface area (Å²) in [6, 6.07) is -1.06. The van der Waals surface area contributed by atoms with Crippen LogP contribution in [-0.4, -0.2) is 57.8 Å². The van der Waals surface area contributed by atoms with Gasteiger partial charge in [-0.1, -0.05) is 6.58 Å². The Morgan fingerprint density at radius 2 is 2.26 bits per heavy atom. The first kappa shape index (κ1) is 13.9. The maximum Gasteiger partial charge on any atom is 0.330 e. The molecular formula is C11H14N2O5S. The molecule has 0 aromatic rings. The zero-order chi connectivity index (χ0) is 14.4. The molecule has 2 fully saturated rings. The minimum atomic E-state index is -1.47. The molecule has 2 unspecified atom stereocenters. The number of carbonyl (C=O) groups is 3. The van der Waals surface area contributed by atoms with Gasteiger partial charge in [0.05, 0.1) is 0 Å². The van der Waals surface area contributed by atoms with Gasteiger partial charge in [0.1, 0.15) is 5.37 Å². The maximum absolute atomic E-state index is 12.2. The van der Waals surface area contributed by atoms with E-state index in [-0.39, 0.29) is 0 Å². The fourth-order valence-corrected chi connectivity index (χ4v) is 3.75. The van der Waals surface area contributed by atoms with E-state index in [2.05, 4.69) is 11.9 Å². The van der Waals surface area contributed by atoms with Crippen LogP contribution in [0.4, 0.5) is 0 Å². The van der Waals surface area contributed by atoms with E-state index in [0.717, 1.165) is 0 Å². The van der Waals surface area contributed by atoms with Gasteiger partial charge in [-0.25, -0.2) is 4.79 Å². The molecule has 2 saturated heterocycles. The molecule has 2 aliphatic rings. The molecule has 8 heteroatoms. The number of rotatable bonds is 3. The fourth-order valence-electron chi connectivity index (χ4n) is 2.36. The van der Waals surface area contributed by atoms with E-state index in [4.69, 9.17) is 4.74 Å². The molecule has 2 heterocycles. The number of amides is 2. The Balaban J connectivity index is 2.32. The van der Waals surface area contributed by atoms with Gasteiger partial charge >= 0.3 is 5.97 Å². The van der Waals surface area contributed by atoms with Crippen LogP contribution in [0.25, 0.3) is 0 Å². The lowest BCUT2D eigenvalue weighted by Crippen LogP contribution is -2.83. The second-order valence-corrected chi connectivity index (χ2v) is 5.46. The molecular weight excluding hydrogens is 272 g/mol. The zero-order valence-corrected chi connectivity index (χ0v) is 11.3. The summed E-state index contributed by atoms with van der Waals surface area (Å²) in [5, 5.41) is 11.1. The number of ether oxygens (including phenoxy) is 1. The average Bonchev–Trinajstić information content (AvgIpc) is 2.34. The Kier molecular flexibility index (Phi) is 3.31. The molecule has 7 nitrogen and oxygen atoms in total. The van der Waals surface area contributed by atoms with Gasteiger partial charge < -0.3 is 20.1 Å². The standard InChI is InChI=1S/C11H14N2O5S/c1-5-4-19-10-11(18-3,12-6(2)14)9(17)13(10)7(5)8(15)16/h7,10H,1,4H2,2-3H3,(H,12,14)(H,15,16)/t7?,10-,11?/m0/s1. The number of methoxy groups -OCH3 is 1.